The first-order chi connectivity index (χ1) is 9.24. The number of nitrogens with zero attached hydrogens (tertiary/aromatic N) is 2. The second-order valence-electron chi connectivity index (χ2n) is 4.53. The van der Waals surface area contributed by atoms with Gasteiger partial charge in [-0.3, -0.25) is 4.90 Å². The summed E-state index contributed by atoms with van der Waals surface area (Å²) in [6, 6.07) is 11.0. The number of carbonyl (C=O) groups excluding carboxylic acids is 1. The number of amides is 2. The van der Waals surface area contributed by atoms with Crippen LogP contribution in [0.1, 0.15) is 5.76 Å². The summed E-state index contributed by atoms with van der Waals surface area (Å²) in [6.07, 6.45) is 1.62. The van der Waals surface area contributed by atoms with Crippen molar-refractivity contribution in [3.8, 4) is 0 Å². The Kier molecular flexibility index (Phi) is 2.87. The first-order valence-corrected chi connectivity index (χ1v) is 6.18. The standard InChI is InChI=1S/C14H15N3O2/c15-11-3-5-12(6-4-11)17-8-7-16(14(17)18)10-13-2-1-9-19-13/h1-6,9H,7-8,10,15H2. The lowest BCUT2D eigenvalue weighted by Gasteiger charge is -2.18. The quantitative estimate of drug-likeness (QED) is 0.858. The van der Waals surface area contributed by atoms with Gasteiger partial charge in [-0.15, -0.1) is 0 Å². The number of rotatable bonds is 3. The van der Waals surface area contributed by atoms with Crippen LogP contribution in [0, 0.1) is 0 Å². The van der Waals surface area contributed by atoms with Gasteiger partial charge in [0, 0.05) is 24.5 Å². The molecular formula is C14H15N3O2. The van der Waals surface area contributed by atoms with Gasteiger partial charge < -0.3 is 15.1 Å². The van der Waals surface area contributed by atoms with E-state index in [1.54, 1.807) is 28.2 Å². The summed E-state index contributed by atoms with van der Waals surface area (Å²) in [5.74, 6) is 0.799. The van der Waals surface area contributed by atoms with Crippen LogP contribution in [0.4, 0.5) is 16.2 Å². The zero-order valence-corrected chi connectivity index (χ0v) is 10.5. The average Bonchev–Trinajstić information content (AvgIpc) is 3.03. The molecule has 0 atom stereocenters. The first kappa shape index (κ1) is 11.6. The lowest BCUT2D eigenvalue weighted by molar-refractivity contribution is 0.214. The maximum Gasteiger partial charge on any atom is 0.325 e. The van der Waals surface area contributed by atoms with E-state index in [1.165, 1.54) is 0 Å². The summed E-state index contributed by atoms with van der Waals surface area (Å²) in [6.45, 7) is 1.89. The number of nitrogen functional groups attached to an aromatic ring is 1. The Hall–Kier alpha value is -2.43. The summed E-state index contributed by atoms with van der Waals surface area (Å²) in [4.78, 5) is 15.8. The van der Waals surface area contributed by atoms with Gasteiger partial charge in [-0.2, -0.15) is 0 Å². The SMILES string of the molecule is Nc1ccc(N2CCN(Cc3ccco3)C2=O)cc1. The lowest BCUT2D eigenvalue weighted by Crippen LogP contribution is -2.31. The van der Waals surface area contributed by atoms with Crippen molar-refractivity contribution < 1.29 is 9.21 Å². The van der Waals surface area contributed by atoms with Gasteiger partial charge in [0.15, 0.2) is 0 Å². The molecule has 1 aromatic heterocycles. The van der Waals surface area contributed by atoms with Gasteiger partial charge in [-0.1, -0.05) is 0 Å². The fourth-order valence-electron chi connectivity index (χ4n) is 2.21. The van der Waals surface area contributed by atoms with Crippen molar-refractivity contribution in [3.63, 3.8) is 0 Å². The second kappa shape index (κ2) is 4.68. The van der Waals surface area contributed by atoms with Crippen LogP contribution < -0.4 is 10.6 Å². The number of benzene rings is 1. The summed E-state index contributed by atoms with van der Waals surface area (Å²) >= 11 is 0. The number of anilines is 2. The largest absolute Gasteiger partial charge is 0.467 e. The minimum Gasteiger partial charge on any atom is -0.467 e. The van der Waals surface area contributed by atoms with Crippen LogP contribution in [0.25, 0.3) is 0 Å². The Morgan fingerprint density at radius 3 is 2.63 bits per heavy atom. The molecule has 1 aliphatic heterocycles. The minimum atomic E-state index is 0.00108. The van der Waals surface area contributed by atoms with E-state index in [0.29, 0.717) is 25.3 Å². The van der Waals surface area contributed by atoms with Crippen LogP contribution in [0.15, 0.2) is 47.1 Å². The normalized spacial score (nSPS) is 15.3. The van der Waals surface area contributed by atoms with Crippen molar-refractivity contribution in [2.45, 2.75) is 6.54 Å². The van der Waals surface area contributed by atoms with Gasteiger partial charge in [-0.05, 0) is 36.4 Å². The minimum absolute atomic E-state index is 0.00108. The van der Waals surface area contributed by atoms with Crippen LogP contribution in [0.5, 0.6) is 0 Å². The molecule has 1 fully saturated rings. The van der Waals surface area contributed by atoms with Crippen LogP contribution in [-0.2, 0) is 6.54 Å². The summed E-state index contributed by atoms with van der Waals surface area (Å²) in [5, 5.41) is 0. The zero-order valence-electron chi connectivity index (χ0n) is 10.5. The van der Waals surface area contributed by atoms with Gasteiger partial charge in [0.05, 0.1) is 12.8 Å². The van der Waals surface area contributed by atoms with Crippen LogP contribution >= 0.6 is 0 Å². The summed E-state index contributed by atoms with van der Waals surface area (Å²) in [5.41, 5.74) is 7.22. The Balaban J connectivity index is 1.73. The third kappa shape index (κ3) is 2.27. The number of carbonyl (C=O) groups is 1. The molecule has 3 rings (SSSR count). The first-order valence-electron chi connectivity index (χ1n) is 6.18. The van der Waals surface area contributed by atoms with Gasteiger partial charge in [0.1, 0.15) is 5.76 Å². The highest BCUT2D eigenvalue weighted by Crippen LogP contribution is 2.22. The van der Waals surface area contributed by atoms with Gasteiger partial charge in [0.2, 0.25) is 0 Å². The molecule has 0 saturated carbocycles. The smallest absolute Gasteiger partial charge is 0.325 e. The molecule has 2 amide bonds. The molecule has 2 aromatic rings. The fourth-order valence-corrected chi connectivity index (χ4v) is 2.21. The molecule has 0 spiro atoms. The molecule has 19 heavy (non-hydrogen) atoms. The highest BCUT2D eigenvalue weighted by Gasteiger charge is 2.29. The number of urea groups is 1. The van der Waals surface area contributed by atoms with Crippen LogP contribution in [0.2, 0.25) is 0 Å². The van der Waals surface area contributed by atoms with Crippen molar-refractivity contribution >= 4 is 17.4 Å². The Morgan fingerprint density at radius 1 is 1.16 bits per heavy atom. The van der Waals surface area contributed by atoms with Crippen LogP contribution in [0.3, 0.4) is 0 Å². The Bertz CT molecular complexity index is 563. The van der Waals surface area contributed by atoms with Gasteiger partial charge in [-0.25, -0.2) is 4.79 Å². The molecule has 98 valence electrons. The van der Waals surface area contributed by atoms with E-state index < -0.39 is 0 Å². The monoisotopic (exact) mass is 257 g/mol. The van der Waals surface area contributed by atoms with E-state index in [4.69, 9.17) is 10.2 Å². The maximum atomic E-state index is 12.3. The molecule has 0 bridgehead atoms. The van der Waals surface area contributed by atoms with E-state index >= 15 is 0 Å². The Labute approximate surface area is 111 Å². The Morgan fingerprint density at radius 2 is 1.95 bits per heavy atom. The highest BCUT2D eigenvalue weighted by atomic mass is 16.3. The molecule has 0 unspecified atom stereocenters. The second-order valence-corrected chi connectivity index (χ2v) is 4.53. The molecular weight excluding hydrogens is 242 g/mol. The molecule has 2 N–H and O–H groups in total. The average molecular weight is 257 g/mol. The van der Waals surface area contributed by atoms with Crippen molar-refractivity contribution in [2.75, 3.05) is 23.7 Å². The van der Waals surface area contributed by atoms with E-state index in [1.807, 2.05) is 24.3 Å². The van der Waals surface area contributed by atoms with Gasteiger partial charge in [0.25, 0.3) is 0 Å². The zero-order chi connectivity index (χ0) is 13.2. The number of hydrogen-bond donors (Lipinski definition) is 1. The predicted octanol–water partition coefficient (Wildman–Crippen LogP) is 2.30. The lowest BCUT2D eigenvalue weighted by atomic mass is 10.2. The van der Waals surface area contributed by atoms with E-state index in [9.17, 15) is 4.79 Å². The van der Waals surface area contributed by atoms with Crippen molar-refractivity contribution in [1.29, 1.82) is 0 Å². The van der Waals surface area contributed by atoms with Crippen molar-refractivity contribution in [2.24, 2.45) is 0 Å². The maximum absolute atomic E-state index is 12.3. The molecule has 2 heterocycles. The predicted molar refractivity (Wildman–Crippen MR) is 72.7 cm³/mol. The molecule has 5 heteroatoms. The summed E-state index contributed by atoms with van der Waals surface area (Å²) < 4.78 is 5.27. The number of furan rings is 1. The molecule has 0 radical (unpaired) electrons. The van der Waals surface area contributed by atoms with E-state index in [2.05, 4.69) is 0 Å². The number of hydrogen-bond acceptors (Lipinski definition) is 3. The fraction of sp³-hybridized carbons (Fsp3) is 0.214. The van der Waals surface area contributed by atoms with Crippen molar-refractivity contribution in [3.05, 3.63) is 48.4 Å². The molecule has 1 saturated heterocycles. The van der Waals surface area contributed by atoms with Gasteiger partial charge >= 0.3 is 6.03 Å². The molecule has 0 aliphatic carbocycles. The topological polar surface area (TPSA) is 62.7 Å². The third-order valence-electron chi connectivity index (χ3n) is 3.23. The van der Waals surface area contributed by atoms with E-state index in [-0.39, 0.29) is 6.03 Å². The molecule has 1 aliphatic rings. The van der Waals surface area contributed by atoms with E-state index in [0.717, 1.165) is 11.4 Å². The highest BCUT2D eigenvalue weighted by molar-refractivity contribution is 5.94. The summed E-state index contributed by atoms with van der Waals surface area (Å²) in [7, 11) is 0. The molecule has 5 nitrogen and oxygen atoms in total. The number of nitrogens with two attached hydrogens (primary N) is 1. The van der Waals surface area contributed by atoms with Crippen LogP contribution in [-0.4, -0.2) is 24.0 Å². The molecule has 1 aromatic carbocycles. The van der Waals surface area contributed by atoms with Crippen molar-refractivity contribution in [1.82, 2.24) is 4.90 Å². The third-order valence-corrected chi connectivity index (χ3v) is 3.23.